The number of hydrogen-bond donors (Lipinski definition) is 2. The molecule has 2 saturated heterocycles. The topological polar surface area (TPSA) is 81.1 Å². The molecule has 1 aromatic rings. The van der Waals surface area contributed by atoms with Crippen molar-refractivity contribution in [2.45, 2.75) is 57.4 Å². The molecule has 2 amide bonds. The molecule has 1 saturated carbocycles. The van der Waals surface area contributed by atoms with Gasteiger partial charge in [0.2, 0.25) is 5.91 Å². The summed E-state index contributed by atoms with van der Waals surface area (Å²) in [5.41, 5.74) is 0.100. The first-order chi connectivity index (χ1) is 13.0. The Morgan fingerprint density at radius 2 is 1.85 bits per heavy atom. The maximum atomic E-state index is 13.0. The Morgan fingerprint density at radius 3 is 2.63 bits per heavy atom. The Kier molecular flexibility index (Phi) is 4.74. The Bertz CT molecular complexity index is 744. The van der Waals surface area contributed by atoms with E-state index in [1.807, 2.05) is 0 Å². The van der Waals surface area contributed by atoms with E-state index in [9.17, 15) is 19.8 Å². The van der Waals surface area contributed by atoms with Crippen LogP contribution in [0.25, 0.3) is 0 Å². The molecule has 0 aromatic heterocycles. The lowest BCUT2D eigenvalue weighted by Gasteiger charge is -2.49. The van der Waals surface area contributed by atoms with Crippen molar-refractivity contribution in [3.63, 3.8) is 0 Å². The van der Waals surface area contributed by atoms with Crippen molar-refractivity contribution in [3.05, 3.63) is 23.8 Å². The molecule has 0 unspecified atom stereocenters. The van der Waals surface area contributed by atoms with Gasteiger partial charge in [0.15, 0.2) is 11.5 Å². The van der Waals surface area contributed by atoms with Gasteiger partial charge in [-0.05, 0) is 44.2 Å². The number of para-hydroxylation sites is 1. The molecule has 4 rings (SSSR count). The molecule has 1 aromatic carbocycles. The molecule has 2 heterocycles. The van der Waals surface area contributed by atoms with Crippen LogP contribution >= 0.6 is 0 Å². The quantitative estimate of drug-likeness (QED) is 0.782. The second-order valence-electron chi connectivity index (χ2n) is 8.46. The molecule has 0 bridgehead atoms. The molecule has 1 aliphatic carbocycles. The highest BCUT2D eigenvalue weighted by Gasteiger charge is 2.45. The smallest absolute Gasteiger partial charge is 0.257 e. The maximum Gasteiger partial charge on any atom is 0.257 e. The van der Waals surface area contributed by atoms with Gasteiger partial charge in [0, 0.05) is 37.5 Å². The highest BCUT2D eigenvalue weighted by molar-refractivity contribution is 5.97. The zero-order valence-electron chi connectivity index (χ0n) is 15.7. The zero-order valence-corrected chi connectivity index (χ0v) is 15.7. The number of aromatic hydroxyl groups is 2. The minimum atomic E-state index is -0.353. The standard InChI is InChI=1S/C21H28N2O4/c24-17-8-3-7-16(19(17)26)20(27)22-12-4-10-21(13-22)11-9-18(25)23(14-21)15-5-1-2-6-15/h3,7-8,15,24,26H,1-2,4-6,9-14H2/t21-/m1/s1. The summed E-state index contributed by atoms with van der Waals surface area (Å²) in [6, 6.07) is 4.86. The van der Waals surface area contributed by atoms with Crippen molar-refractivity contribution < 1.29 is 19.8 Å². The van der Waals surface area contributed by atoms with Crippen molar-refractivity contribution in [1.29, 1.82) is 0 Å². The summed E-state index contributed by atoms with van der Waals surface area (Å²) in [6.45, 7) is 2.00. The molecule has 6 nitrogen and oxygen atoms in total. The summed E-state index contributed by atoms with van der Waals surface area (Å²) in [7, 11) is 0. The third kappa shape index (κ3) is 3.37. The number of rotatable bonds is 2. The Labute approximate surface area is 159 Å². The lowest BCUT2D eigenvalue weighted by Crippen LogP contribution is -2.56. The van der Waals surface area contributed by atoms with Crippen LogP contribution in [0, 0.1) is 5.41 Å². The van der Waals surface area contributed by atoms with Gasteiger partial charge in [-0.15, -0.1) is 0 Å². The van der Waals surface area contributed by atoms with E-state index in [0.717, 1.165) is 38.6 Å². The molecule has 1 spiro atoms. The Balaban J connectivity index is 1.52. The van der Waals surface area contributed by atoms with E-state index in [0.29, 0.717) is 25.6 Å². The first kappa shape index (κ1) is 18.1. The fourth-order valence-electron chi connectivity index (χ4n) is 5.18. The van der Waals surface area contributed by atoms with Crippen LogP contribution in [0.15, 0.2) is 18.2 Å². The molecule has 3 aliphatic rings. The van der Waals surface area contributed by atoms with E-state index < -0.39 is 0 Å². The highest BCUT2D eigenvalue weighted by Crippen LogP contribution is 2.42. The van der Waals surface area contributed by atoms with Crippen LogP contribution in [0.3, 0.4) is 0 Å². The van der Waals surface area contributed by atoms with Gasteiger partial charge >= 0.3 is 0 Å². The summed E-state index contributed by atoms with van der Waals surface area (Å²) in [5.74, 6) is -0.606. The van der Waals surface area contributed by atoms with Crippen LogP contribution in [0.4, 0.5) is 0 Å². The third-order valence-electron chi connectivity index (χ3n) is 6.65. The van der Waals surface area contributed by atoms with Gasteiger partial charge in [-0.1, -0.05) is 18.9 Å². The van der Waals surface area contributed by atoms with E-state index >= 15 is 0 Å². The molecule has 2 aliphatic heterocycles. The lowest BCUT2D eigenvalue weighted by molar-refractivity contribution is -0.142. The number of piperidine rings is 2. The van der Waals surface area contributed by atoms with Crippen LogP contribution in [-0.2, 0) is 4.79 Å². The van der Waals surface area contributed by atoms with Crippen LogP contribution < -0.4 is 0 Å². The first-order valence-corrected chi connectivity index (χ1v) is 10.1. The molecule has 27 heavy (non-hydrogen) atoms. The minimum Gasteiger partial charge on any atom is -0.504 e. The van der Waals surface area contributed by atoms with Gasteiger partial charge < -0.3 is 20.0 Å². The highest BCUT2D eigenvalue weighted by atomic mass is 16.3. The predicted octanol–water partition coefficient (Wildman–Crippen LogP) is 2.89. The van der Waals surface area contributed by atoms with E-state index in [4.69, 9.17) is 0 Å². The fourth-order valence-corrected chi connectivity index (χ4v) is 5.18. The molecule has 146 valence electrons. The average Bonchev–Trinajstić information content (AvgIpc) is 3.20. The van der Waals surface area contributed by atoms with Gasteiger partial charge in [-0.2, -0.15) is 0 Å². The minimum absolute atomic E-state index is 0.0448. The molecule has 6 heteroatoms. The van der Waals surface area contributed by atoms with Gasteiger partial charge in [0.1, 0.15) is 0 Å². The van der Waals surface area contributed by atoms with E-state index in [1.54, 1.807) is 17.0 Å². The van der Waals surface area contributed by atoms with Gasteiger partial charge in [-0.25, -0.2) is 0 Å². The number of phenols is 2. The van der Waals surface area contributed by atoms with Crippen LogP contribution in [-0.4, -0.2) is 57.5 Å². The average molecular weight is 372 g/mol. The molecule has 1 atom stereocenters. The normalized spacial score (nSPS) is 26.7. The number of amides is 2. The van der Waals surface area contributed by atoms with Crippen molar-refractivity contribution in [2.75, 3.05) is 19.6 Å². The fraction of sp³-hybridized carbons (Fsp3) is 0.619. The van der Waals surface area contributed by atoms with Crippen molar-refractivity contribution in [3.8, 4) is 11.5 Å². The predicted molar refractivity (Wildman–Crippen MR) is 101 cm³/mol. The number of carbonyl (C=O) groups excluding carboxylic acids is 2. The number of likely N-dealkylation sites (tertiary alicyclic amines) is 2. The first-order valence-electron chi connectivity index (χ1n) is 10.1. The Hall–Kier alpha value is -2.24. The second kappa shape index (κ2) is 7.06. The van der Waals surface area contributed by atoms with Crippen LogP contribution in [0.1, 0.15) is 61.7 Å². The number of nitrogens with zero attached hydrogens (tertiary/aromatic N) is 2. The molecule has 0 radical (unpaired) electrons. The zero-order chi connectivity index (χ0) is 19.0. The maximum absolute atomic E-state index is 13.0. The SMILES string of the molecule is O=C(c1cccc(O)c1O)N1CCC[C@@]2(CCC(=O)N(C3CCCC3)C2)C1. The number of hydrogen-bond acceptors (Lipinski definition) is 4. The summed E-state index contributed by atoms with van der Waals surface area (Å²) in [5, 5.41) is 19.8. The number of phenolic OH excluding ortho intramolecular Hbond substituents is 2. The summed E-state index contributed by atoms with van der Waals surface area (Å²) in [6.07, 6.45) is 7.91. The van der Waals surface area contributed by atoms with Crippen molar-refractivity contribution in [2.24, 2.45) is 5.41 Å². The lowest BCUT2D eigenvalue weighted by atomic mass is 9.73. The van der Waals surface area contributed by atoms with Crippen molar-refractivity contribution in [1.82, 2.24) is 9.80 Å². The molecular formula is C21H28N2O4. The number of carbonyl (C=O) groups is 2. The van der Waals surface area contributed by atoms with Crippen LogP contribution in [0.5, 0.6) is 11.5 Å². The van der Waals surface area contributed by atoms with Gasteiger partial charge in [0.05, 0.1) is 5.56 Å². The summed E-state index contributed by atoms with van der Waals surface area (Å²) >= 11 is 0. The summed E-state index contributed by atoms with van der Waals surface area (Å²) < 4.78 is 0. The largest absolute Gasteiger partial charge is 0.504 e. The van der Waals surface area contributed by atoms with Crippen LogP contribution in [0.2, 0.25) is 0 Å². The molecular weight excluding hydrogens is 344 g/mol. The monoisotopic (exact) mass is 372 g/mol. The Morgan fingerprint density at radius 1 is 1.07 bits per heavy atom. The van der Waals surface area contributed by atoms with Crippen molar-refractivity contribution >= 4 is 11.8 Å². The number of benzene rings is 1. The van der Waals surface area contributed by atoms with Gasteiger partial charge in [-0.3, -0.25) is 9.59 Å². The summed E-state index contributed by atoms with van der Waals surface area (Å²) in [4.78, 5) is 29.4. The second-order valence-corrected chi connectivity index (χ2v) is 8.46. The van der Waals surface area contributed by atoms with Gasteiger partial charge in [0.25, 0.3) is 5.91 Å². The molecule has 2 N–H and O–H groups in total. The molecule has 3 fully saturated rings. The van der Waals surface area contributed by atoms with E-state index in [2.05, 4.69) is 4.90 Å². The van der Waals surface area contributed by atoms with E-state index in [1.165, 1.54) is 18.9 Å². The third-order valence-corrected chi connectivity index (χ3v) is 6.65. The van der Waals surface area contributed by atoms with E-state index in [-0.39, 0.29) is 34.3 Å².